The van der Waals surface area contributed by atoms with Gasteiger partial charge in [0.2, 0.25) is 0 Å². The summed E-state index contributed by atoms with van der Waals surface area (Å²) in [6, 6.07) is 3.46. The average Bonchev–Trinajstić information content (AvgIpc) is 1.96. The molecular weight excluding hydrogens is 166 g/mol. The lowest BCUT2D eigenvalue weighted by atomic mass is 10.1. The first-order valence-corrected chi connectivity index (χ1v) is 3.74. The highest BCUT2D eigenvalue weighted by molar-refractivity contribution is 5.45. The average molecular weight is 181 g/mol. The topological polar surface area (TPSA) is 43.1 Å². The molecule has 0 fully saturated rings. The second-order valence-corrected chi connectivity index (χ2v) is 2.98. The fourth-order valence-corrected chi connectivity index (χ4v) is 1.14. The lowest BCUT2D eigenvalue weighted by Crippen LogP contribution is -1.93. The van der Waals surface area contributed by atoms with E-state index in [2.05, 4.69) is 0 Å². The Morgan fingerprint density at radius 2 is 1.54 bits per heavy atom. The standard InChI is InChI=1S/C9H11NO2.CH4/c1-6-4-8(3)9(10(11)12)5-7(6)2;/h4-5H,1-3H3;1H4. The van der Waals surface area contributed by atoms with E-state index in [1.165, 1.54) is 0 Å². The van der Waals surface area contributed by atoms with Gasteiger partial charge in [-0.25, -0.2) is 0 Å². The first-order valence-electron chi connectivity index (χ1n) is 3.74. The molecule has 1 rings (SSSR count). The van der Waals surface area contributed by atoms with Gasteiger partial charge in [0.15, 0.2) is 0 Å². The molecule has 1 aromatic rings. The minimum Gasteiger partial charge on any atom is -0.258 e. The van der Waals surface area contributed by atoms with Crippen molar-refractivity contribution < 1.29 is 4.92 Å². The summed E-state index contributed by atoms with van der Waals surface area (Å²) in [5.74, 6) is 0. The maximum absolute atomic E-state index is 10.5. The Labute approximate surface area is 78.5 Å². The summed E-state index contributed by atoms with van der Waals surface area (Å²) < 4.78 is 0. The van der Waals surface area contributed by atoms with E-state index in [1.807, 2.05) is 19.9 Å². The van der Waals surface area contributed by atoms with Gasteiger partial charge in [0.25, 0.3) is 5.69 Å². The van der Waals surface area contributed by atoms with Crippen molar-refractivity contribution in [2.45, 2.75) is 28.2 Å². The SMILES string of the molecule is C.Cc1cc(C)c([N+](=O)[O-])cc1C. The van der Waals surface area contributed by atoms with Crippen LogP contribution in [0.3, 0.4) is 0 Å². The molecule has 0 aliphatic rings. The zero-order valence-corrected chi connectivity index (χ0v) is 7.42. The molecule has 0 unspecified atom stereocenters. The van der Waals surface area contributed by atoms with Gasteiger partial charge in [0.1, 0.15) is 0 Å². The molecule has 0 N–H and O–H groups in total. The molecule has 0 heterocycles. The van der Waals surface area contributed by atoms with Gasteiger partial charge in [0, 0.05) is 11.6 Å². The minimum absolute atomic E-state index is 0. The lowest BCUT2D eigenvalue weighted by Gasteiger charge is -2.01. The van der Waals surface area contributed by atoms with Crippen molar-refractivity contribution in [3.63, 3.8) is 0 Å². The zero-order valence-electron chi connectivity index (χ0n) is 7.42. The van der Waals surface area contributed by atoms with Crippen LogP contribution in [0.4, 0.5) is 5.69 Å². The van der Waals surface area contributed by atoms with Crippen LogP contribution in [-0.4, -0.2) is 4.92 Å². The second kappa shape index (κ2) is 4.03. The van der Waals surface area contributed by atoms with Gasteiger partial charge >= 0.3 is 0 Å². The second-order valence-electron chi connectivity index (χ2n) is 2.98. The van der Waals surface area contributed by atoms with E-state index in [0.717, 1.165) is 16.7 Å². The van der Waals surface area contributed by atoms with E-state index in [9.17, 15) is 10.1 Å². The number of nitrogens with zero attached hydrogens (tertiary/aromatic N) is 1. The van der Waals surface area contributed by atoms with Crippen molar-refractivity contribution in [1.29, 1.82) is 0 Å². The molecule has 0 spiro atoms. The van der Waals surface area contributed by atoms with E-state index in [1.54, 1.807) is 13.0 Å². The van der Waals surface area contributed by atoms with Gasteiger partial charge in [0.05, 0.1) is 4.92 Å². The number of aryl methyl sites for hydroxylation is 3. The summed E-state index contributed by atoms with van der Waals surface area (Å²) in [5.41, 5.74) is 2.99. The van der Waals surface area contributed by atoms with Crippen LogP contribution in [0, 0.1) is 30.9 Å². The Morgan fingerprint density at radius 3 is 2.00 bits per heavy atom. The van der Waals surface area contributed by atoms with E-state index < -0.39 is 0 Å². The Hall–Kier alpha value is -1.38. The van der Waals surface area contributed by atoms with E-state index in [4.69, 9.17) is 0 Å². The molecule has 1 aromatic carbocycles. The molecule has 0 saturated carbocycles. The van der Waals surface area contributed by atoms with Crippen LogP contribution < -0.4 is 0 Å². The van der Waals surface area contributed by atoms with Crippen LogP contribution >= 0.6 is 0 Å². The molecular formula is C10H15NO2. The monoisotopic (exact) mass is 181 g/mol. The van der Waals surface area contributed by atoms with Crippen molar-refractivity contribution in [3.05, 3.63) is 38.9 Å². The predicted octanol–water partition coefficient (Wildman–Crippen LogP) is 3.16. The fourth-order valence-electron chi connectivity index (χ4n) is 1.14. The van der Waals surface area contributed by atoms with E-state index in [-0.39, 0.29) is 18.0 Å². The van der Waals surface area contributed by atoms with Gasteiger partial charge < -0.3 is 0 Å². The third kappa shape index (κ3) is 2.28. The molecule has 0 bridgehead atoms. The Balaban J connectivity index is 0.00000144. The highest BCUT2D eigenvalue weighted by Crippen LogP contribution is 2.21. The number of nitro groups is 1. The largest absolute Gasteiger partial charge is 0.272 e. The van der Waals surface area contributed by atoms with Gasteiger partial charge in [-0.1, -0.05) is 7.43 Å². The number of hydrogen-bond acceptors (Lipinski definition) is 2. The lowest BCUT2D eigenvalue weighted by molar-refractivity contribution is -0.385. The quantitative estimate of drug-likeness (QED) is 0.493. The molecule has 0 aliphatic heterocycles. The molecule has 0 aromatic heterocycles. The van der Waals surface area contributed by atoms with Crippen LogP contribution in [-0.2, 0) is 0 Å². The van der Waals surface area contributed by atoms with Crippen molar-refractivity contribution >= 4 is 5.69 Å². The maximum Gasteiger partial charge on any atom is 0.272 e. The molecule has 0 saturated heterocycles. The van der Waals surface area contributed by atoms with Crippen molar-refractivity contribution in [3.8, 4) is 0 Å². The molecule has 0 amide bonds. The highest BCUT2D eigenvalue weighted by Gasteiger charge is 2.10. The Kier molecular flexibility index (Phi) is 3.60. The molecule has 72 valence electrons. The summed E-state index contributed by atoms with van der Waals surface area (Å²) in [5, 5.41) is 10.5. The van der Waals surface area contributed by atoms with Gasteiger partial charge in [-0.15, -0.1) is 0 Å². The van der Waals surface area contributed by atoms with Crippen molar-refractivity contribution in [2.24, 2.45) is 0 Å². The molecule has 13 heavy (non-hydrogen) atoms. The molecule has 0 aliphatic carbocycles. The van der Waals surface area contributed by atoms with E-state index in [0.29, 0.717) is 0 Å². The van der Waals surface area contributed by atoms with E-state index >= 15 is 0 Å². The van der Waals surface area contributed by atoms with Crippen LogP contribution in [0.2, 0.25) is 0 Å². The number of benzene rings is 1. The summed E-state index contributed by atoms with van der Waals surface area (Å²) in [6.45, 7) is 5.58. The van der Waals surface area contributed by atoms with Crippen LogP contribution in [0.15, 0.2) is 12.1 Å². The maximum atomic E-state index is 10.5. The fraction of sp³-hybridized carbons (Fsp3) is 0.400. The zero-order chi connectivity index (χ0) is 9.30. The van der Waals surface area contributed by atoms with Crippen molar-refractivity contribution in [1.82, 2.24) is 0 Å². The first kappa shape index (κ1) is 11.6. The number of nitro benzene ring substituents is 1. The van der Waals surface area contributed by atoms with Crippen LogP contribution in [0.5, 0.6) is 0 Å². The highest BCUT2D eigenvalue weighted by atomic mass is 16.6. The first-order chi connectivity index (χ1) is 5.52. The normalized spacial score (nSPS) is 9.15. The third-order valence-corrected chi connectivity index (χ3v) is 2.01. The number of rotatable bonds is 1. The van der Waals surface area contributed by atoms with Crippen LogP contribution in [0.1, 0.15) is 24.1 Å². The Bertz CT molecular complexity index is 332. The summed E-state index contributed by atoms with van der Waals surface area (Å²) in [6.07, 6.45) is 0. The van der Waals surface area contributed by atoms with Gasteiger partial charge in [-0.05, 0) is 38.0 Å². The minimum atomic E-state index is -0.345. The Morgan fingerprint density at radius 1 is 1.08 bits per heavy atom. The summed E-state index contributed by atoms with van der Waals surface area (Å²) in [7, 11) is 0. The molecule has 3 heteroatoms. The predicted molar refractivity (Wildman–Crippen MR) is 54.0 cm³/mol. The number of hydrogen-bond donors (Lipinski definition) is 0. The van der Waals surface area contributed by atoms with Crippen molar-refractivity contribution in [2.75, 3.05) is 0 Å². The third-order valence-electron chi connectivity index (χ3n) is 2.01. The molecule has 0 radical (unpaired) electrons. The summed E-state index contributed by atoms with van der Waals surface area (Å²) >= 11 is 0. The van der Waals surface area contributed by atoms with Gasteiger partial charge in [-0.3, -0.25) is 10.1 Å². The molecule has 3 nitrogen and oxygen atoms in total. The van der Waals surface area contributed by atoms with Gasteiger partial charge in [-0.2, -0.15) is 0 Å². The van der Waals surface area contributed by atoms with Crippen LogP contribution in [0.25, 0.3) is 0 Å². The molecule has 0 atom stereocenters. The smallest absolute Gasteiger partial charge is 0.258 e. The summed E-state index contributed by atoms with van der Waals surface area (Å²) in [4.78, 5) is 10.1.